The fourth-order valence-electron chi connectivity index (χ4n) is 3.11. The van der Waals surface area contributed by atoms with Crippen LogP contribution in [-0.2, 0) is 0 Å². The van der Waals surface area contributed by atoms with E-state index in [0.717, 1.165) is 11.6 Å². The first-order valence-electron chi connectivity index (χ1n) is 6.58. The number of ether oxygens (including phenoxy) is 1. The molecule has 0 saturated carbocycles. The Morgan fingerprint density at radius 1 is 1.33 bits per heavy atom. The van der Waals surface area contributed by atoms with Crippen LogP contribution < -0.4 is 10.1 Å². The highest BCUT2D eigenvalue weighted by atomic mass is 19.1. The molecule has 0 aromatic heterocycles. The van der Waals surface area contributed by atoms with E-state index in [4.69, 9.17) is 4.74 Å². The Morgan fingerprint density at radius 2 is 2.17 bits per heavy atom. The number of halogens is 1. The van der Waals surface area contributed by atoms with Gasteiger partial charge in [0.2, 0.25) is 0 Å². The first kappa shape index (κ1) is 11.8. The Balaban J connectivity index is 1.72. The fraction of sp³-hybridized carbons (Fsp3) is 0.571. The van der Waals surface area contributed by atoms with Crippen molar-refractivity contribution in [3.05, 3.63) is 24.0 Å². The molecule has 2 bridgehead atoms. The summed E-state index contributed by atoms with van der Waals surface area (Å²) < 4.78 is 18.4. The molecule has 2 aliphatic heterocycles. The van der Waals surface area contributed by atoms with Gasteiger partial charge in [-0.2, -0.15) is 0 Å². The standard InChI is InChI=1S/C14H19FN2O/c1-18-14-8-11(2-3-12(14)15)16-13-5-7-17-6-4-10(13)9-17/h2-3,8,10,13,16H,4-7,9H2,1H3. The quantitative estimate of drug-likeness (QED) is 0.891. The van der Waals surface area contributed by atoms with Crippen LogP contribution in [0.15, 0.2) is 18.2 Å². The zero-order valence-electron chi connectivity index (χ0n) is 10.7. The van der Waals surface area contributed by atoms with E-state index in [0.29, 0.717) is 11.8 Å². The first-order chi connectivity index (χ1) is 8.76. The Bertz CT molecular complexity index is 438. The topological polar surface area (TPSA) is 24.5 Å². The maximum Gasteiger partial charge on any atom is 0.165 e. The normalized spacial score (nSPS) is 30.2. The van der Waals surface area contributed by atoms with Crippen LogP contribution in [0.5, 0.6) is 5.75 Å². The number of benzene rings is 1. The molecular weight excluding hydrogens is 231 g/mol. The van der Waals surface area contributed by atoms with E-state index in [-0.39, 0.29) is 5.82 Å². The average Bonchev–Trinajstić information content (AvgIpc) is 2.78. The van der Waals surface area contributed by atoms with Crippen molar-refractivity contribution in [1.29, 1.82) is 0 Å². The van der Waals surface area contributed by atoms with Gasteiger partial charge in [0.05, 0.1) is 7.11 Å². The second-order valence-corrected chi connectivity index (χ2v) is 5.24. The minimum absolute atomic E-state index is 0.307. The number of piperidine rings is 1. The summed E-state index contributed by atoms with van der Waals surface area (Å²) in [7, 11) is 1.50. The van der Waals surface area contributed by atoms with E-state index in [1.807, 2.05) is 0 Å². The van der Waals surface area contributed by atoms with Crippen molar-refractivity contribution in [1.82, 2.24) is 4.90 Å². The van der Waals surface area contributed by atoms with Crippen LogP contribution >= 0.6 is 0 Å². The molecule has 98 valence electrons. The van der Waals surface area contributed by atoms with Gasteiger partial charge in [-0.25, -0.2) is 4.39 Å². The molecule has 3 rings (SSSR count). The summed E-state index contributed by atoms with van der Waals surface area (Å²) in [5, 5.41) is 3.54. The maximum atomic E-state index is 13.3. The molecule has 0 radical (unpaired) electrons. The van der Waals surface area contributed by atoms with E-state index >= 15 is 0 Å². The molecule has 1 aromatic carbocycles. The Hall–Kier alpha value is -1.29. The summed E-state index contributed by atoms with van der Waals surface area (Å²) in [6.07, 6.45) is 2.44. The molecule has 1 N–H and O–H groups in total. The molecule has 3 nitrogen and oxygen atoms in total. The van der Waals surface area contributed by atoms with E-state index in [2.05, 4.69) is 10.2 Å². The minimum Gasteiger partial charge on any atom is -0.494 e. The van der Waals surface area contributed by atoms with Gasteiger partial charge in [0.15, 0.2) is 11.6 Å². The van der Waals surface area contributed by atoms with Crippen LogP contribution in [0, 0.1) is 11.7 Å². The van der Waals surface area contributed by atoms with Crippen LogP contribution in [0.4, 0.5) is 10.1 Å². The summed E-state index contributed by atoms with van der Waals surface area (Å²) >= 11 is 0. The summed E-state index contributed by atoms with van der Waals surface area (Å²) in [4.78, 5) is 2.52. The van der Waals surface area contributed by atoms with Gasteiger partial charge in [-0.05, 0) is 37.4 Å². The molecule has 0 aliphatic carbocycles. The molecule has 4 heteroatoms. The molecule has 2 heterocycles. The molecule has 0 amide bonds. The Kier molecular flexibility index (Phi) is 3.12. The fourth-order valence-corrected chi connectivity index (χ4v) is 3.11. The number of fused-ring (bicyclic) bond motifs is 2. The lowest BCUT2D eigenvalue weighted by Gasteiger charge is -2.31. The van der Waals surface area contributed by atoms with Crippen molar-refractivity contribution in [3.63, 3.8) is 0 Å². The molecule has 0 spiro atoms. The SMILES string of the molecule is COc1cc(NC2CCN3CCC2C3)ccc1F. The monoisotopic (exact) mass is 250 g/mol. The van der Waals surface area contributed by atoms with Crippen molar-refractivity contribution in [3.8, 4) is 5.75 Å². The highest BCUT2D eigenvalue weighted by Crippen LogP contribution is 2.30. The van der Waals surface area contributed by atoms with Crippen LogP contribution in [0.1, 0.15) is 12.8 Å². The average molecular weight is 250 g/mol. The smallest absolute Gasteiger partial charge is 0.165 e. The summed E-state index contributed by atoms with van der Waals surface area (Å²) in [5.41, 5.74) is 0.957. The van der Waals surface area contributed by atoms with Crippen molar-refractivity contribution >= 4 is 5.69 Å². The highest BCUT2D eigenvalue weighted by Gasteiger charge is 2.34. The summed E-state index contributed by atoms with van der Waals surface area (Å²) in [6, 6.07) is 5.51. The van der Waals surface area contributed by atoms with Crippen LogP contribution in [0.2, 0.25) is 0 Å². The number of hydrogen-bond acceptors (Lipinski definition) is 3. The molecule has 3 atom stereocenters. The summed E-state index contributed by atoms with van der Waals surface area (Å²) in [5.74, 6) is 0.734. The zero-order valence-corrected chi connectivity index (χ0v) is 10.7. The molecule has 3 unspecified atom stereocenters. The predicted molar refractivity (Wildman–Crippen MR) is 69.5 cm³/mol. The third-order valence-electron chi connectivity index (χ3n) is 4.14. The second-order valence-electron chi connectivity index (χ2n) is 5.24. The number of rotatable bonds is 3. The van der Waals surface area contributed by atoms with Gasteiger partial charge in [-0.15, -0.1) is 0 Å². The Morgan fingerprint density at radius 3 is 3.00 bits per heavy atom. The van der Waals surface area contributed by atoms with Gasteiger partial charge >= 0.3 is 0 Å². The van der Waals surface area contributed by atoms with E-state index in [1.54, 1.807) is 12.1 Å². The first-order valence-corrected chi connectivity index (χ1v) is 6.58. The van der Waals surface area contributed by atoms with E-state index < -0.39 is 0 Å². The maximum absolute atomic E-state index is 13.3. The molecule has 1 aromatic rings. The molecule has 2 saturated heterocycles. The van der Waals surface area contributed by atoms with Crippen molar-refractivity contribution in [2.24, 2.45) is 5.92 Å². The number of methoxy groups -OCH3 is 1. The van der Waals surface area contributed by atoms with Gasteiger partial charge < -0.3 is 15.0 Å². The van der Waals surface area contributed by atoms with E-state index in [1.165, 1.54) is 45.7 Å². The van der Waals surface area contributed by atoms with Crippen molar-refractivity contribution in [2.75, 3.05) is 32.1 Å². The lowest BCUT2D eigenvalue weighted by Crippen LogP contribution is -2.39. The predicted octanol–water partition coefficient (Wildman–Crippen LogP) is 2.34. The number of nitrogens with one attached hydrogen (secondary N) is 1. The van der Waals surface area contributed by atoms with Crippen molar-refractivity contribution < 1.29 is 9.13 Å². The van der Waals surface area contributed by atoms with Gasteiger partial charge in [0.25, 0.3) is 0 Å². The third kappa shape index (κ3) is 2.17. The largest absolute Gasteiger partial charge is 0.494 e. The molecule has 2 fully saturated rings. The third-order valence-corrected chi connectivity index (χ3v) is 4.14. The number of anilines is 1. The number of nitrogens with zero attached hydrogens (tertiary/aromatic N) is 1. The van der Waals surface area contributed by atoms with Crippen LogP contribution in [0.25, 0.3) is 0 Å². The molecule has 2 aliphatic rings. The molecule has 18 heavy (non-hydrogen) atoms. The lowest BCUT2D eigenvalue weighted by molar-refractivity contribution is 0.255. The zero-order chi connectivity index (χ0) is 12.5. The van der Waals surface area contributed by atoms with Gasteiger partial charge in [0, 0.05) is 30.9 Å². The van der Waals surface area contributed by atoms with E-state index in [9.17, 15) is 4.39 Å². The highest BCUT2D eigenvalue weighted by molar-refractivity contribution is 5.49. The van der Waals surface area contributed by atoms with Gasteiger partial charge in [-0.1, -0.05) is 0 Å². The minimum atomic E-state index is -0.307. The second kappa shape index (κ2) is 4.76. The van der Waals surface area contributed by atoms with Gasteiger partial charge in [-0.3, -0.25) is 0 Å². The van der Waals surface area contributed by atoms with Crippen LogP contribution in [-0.4, -0.2) is 37.7 Å². The number of hydrogen-bond donors (Lipinski definition) is 1. The molecular formula is C14H19FN2O. The van der Waals surface area contributed by atoms with Gasteiger partial charge in [0.1, 0.15) is 0 Å². The summed E-state index contributed by atoms with van der Waals surface area (Å²) in [6.45, 7) is 3.61. The van der Waals surface area contributed by atoms with Crippen molar-refractivity contribution in [2.45, 2.75) is 18.9 Å². The lowest BCUT2D eigenvalue weighted by atomic mass is 9.94. The van der Waals surface area contributed by atoms with Crippen LogP contribution in [0.3, 0.4) is 0 Å². The Labute approximate surface area is 107 Å².